The lowest BCUT2D eigenvalue weighted by Gasteiger charge is -2.19. The molecule has 0 N–H and O–H groups in total. The van der Waals surface area contributed by atoms with E-state index in [0.717, 1.165) is 0 Å². The average molecular weight is 633 g/mol. The fourth-order valence-corrected chi connectivity index (χ4v) is 7.89. The Morgan fingerprint density at radius 1 is 0.200 bits per heavy atom. The first-order valence-electron chi connectivity index (χ1n) is 17.3. The molecule has 0 saturated heterocycles. The van der Waals surface area contributed by atoms with Gasteiger partial charge >= 0.3 is 0 Å². The monoisotopic (exact) mass is 632 g/mol. The Labute approximate surface area is 291 Å². The normalized spacial score (nSPS) is 11.6. The molecule has 10 rings (SSSR count). The molecule has 0 heteroatoms. The van der Waals surface area contributed by atoms with Gasteiger partial charge in [0.25, 0.3) is 0 Å². The Kier molecular flexibility index (Phi) is 6.60. The third kappa shape index (κ3) is 4.77. The van der Waals surface area contributed by atoms with Gasteiger partial charge in [-0.25, -0.2) is 0 Å². The van der Waals surface area contributed by atoms with E-state index in [-0.39, 0.29) is 0 Å². The molecule has 0 spiro atoms. The summed E-state index contributed by atoms with van der Waals surface area (Å²) < 4.78 is 0. The van der Waals surface area contributed by atoms with Crippen LogP contribution in [0.3, 0.4) is 0 Å². The summed E-state index contributed by atoms with van der Waals surface area (Å²) in [5.74, 6) is 0. The summed E-state index contributed by atoms with van der Waals surface area (Å²) in [5.41, 5.74) is 9.84. The van der Waals surface area contributed by atoms with Crippen molar-refractivity contribution in [2.24, 2.45) is 0 Å². The lowest BCUT2D eigenvalue weighted by molar-refractivity contribution is 1.62. The van der Waals surface area contributed by atoms with Gasteiger partial charge in [-0.1, -0.05) is 164 Å². The van der Waals surface area contributed by atoms with Gasteiger partial charge < -0.3 is 0 Å². The van der Waals surface area contributed by atoms with Crippen molar-refractivity contribution in [1.29, 1.82) is 0 Å². The van der Waals surface area contributed by atoms with E-state index in [1.807, 2.05) is 0 Å². The SMILES string of the molecule is c1ccc(-c2cc(-c3c(-c4ccc5ccccc5c4)ccc4ccc(-c5ccc6ccccc6c5)cc34)cc3c2ccc2ccccc23)cc1. The van der Waals surface area contributed by atoms with Crippen LogP contribution < -0.4 is 0 Å². The van der Waals surface area contributed by atoms with Gasteiger partial charge in [-0.15, -0.1) is 0 Å². The number of hydrogen-bond acceptors (Lipinski definition) is 0. The zero-order valence-electron chi connectivity index (χ0n) is 27.5. The molecule has 10 aromatic rings. The minimum absolute atomic E-state index is 1.22. The van der Waals surface area contributed by atoms with Gasteiger partial charge in [0.1, 0.15) is 0 Å². The maximum Gasteiger partial charge on any atom is -0.00262 e. The molecule has 10 aromatic carbocycles. The molecular formula is C50H32. The predicted molar refractivity (Wildman–Crippen MR) is 216 cm³/mol. The van der Waals surface area contributed by atoms with Gasteiger partial charge in [-0.05, 0) is 129 Å². The molecule has 0 nitrogen and oxygen atoms in total. The fourth-order valence-electron chi connectivity index (χ4n) is 7.89. The van der Waals surface area contributed by atoms with Crippen LogP contribution in [0.5, 0.6) is 0 Å². The van der Waals surface area contributed by atoms with Crippen LogP contribution in [0.25, 0.3) is 98.4 Å². The minimum Gasteiger partial charge on any atom is -0.0622 e. The number of rotatable bonds is 4. The van der Waals surface area contributed by atoms with Crippen LogP contribution in [-0.4, -0.2) is 0 Å². The second-order valence-corrected chi connectivity index (χ2v) is 13.3. The second-order valence-electron chi connectivity index (χ2n) is 13.3. The van der Waals surface area contributed by atoms with Crippen molar-refractivity contribution in [2.45, 2.75) is 0 Å². The summed E-state index contributed by atoms with van der Waals surface area (Å²) in [5, 5.41) is 12.5. The highest BCUT2D eigenvalue weighted by atomic mass is 14.2. The van der Waals surface area contributed by atoms with Crippen molar-refractivity contribution < 1.29 is 0 Å². The Balaban J connectivity index is 1.31. The van der Waals surface area contributed by atoms with E-state index in [0.29, 0.717) is 0 Å². The minimum atomic E-state index is 1.22. The summed E-state index contributed by atoms with van der Waals surface area (Å²) >= 11 is 0. The summed E-state index contributed by atoms with van der Waals surface area (Å²) in [6, 6.07) is 71.6. The second kappa shape index (κ2) is 11.6. The first-order chi connectivity index (χ1) is 24.8. The van der Waals surface area contributed by atoms with Crippen LogP contribution in [0.4, 0.5) is 0 Å². The quantitative estimate of drug-likeness (QED) is 0.169. The van der Waals surface area contributed by atoms with Gasteiger partial charge in [0.05, 0.1) is 0 Å². The van der Waals surface area contributed by atoms with Gasteiger partial charge in [0.2, 0.25) is 0 Å². The zero-order valence-corrected chi connectivity index (χ0v) is 27.5. The van der Waals surface area contributed by atoms with Gasteiger partial charge in [0.15, 0.2) is 0 Å². The van der Waals surface area contributed by atoms with E-state index in [1.165, 1.54) is 98.4 Å². The first-order valence-corrected chi connectivity index (χ1v) is 17.3. The van der Waals surface area contributed by atoms with E-state index < -0.39 is 0 Å². The van der Waals surface area contributed by atoms with Crippen molar-refractivity contribution in [3.63, 3.8) is 0 Å². The van der Waals surface area contributed by atoms with Crippen LogP contribution in [0.1, 0.15) is 0 Å². The largest absolute Gasteiger partial charge is 0.0622 e. The number of fused-ring (bicyclic) bond motifs is 6. The highest BCUT2D eigenvalue weighted by Crippen LogP contribution is 2.44. The summed E-state index contributed by atoms with van der Waals surface area (Å²) in [6.45, 7) is 0. The molecule has 232 valence electrons. The topological polar surface area (TPSA) is 0 Å². The summed E-state index contributed by atoms with van der Waals surface area (Å²) in [6.07, 6.45) is 0. The van der Waals surface area contributed by atoms with Crippen molar-refractivity contribution in [3.8, 4) is 44.5 Å². The lowest BCUT2D eigenvalue weighted by atomic mass is 9.85. The summed E-state index contributed by atoms with van der Waals surface area (Å²) in [4.78, 5) is 0. The Bertz CT molecular complexity index is 2910. The average Bonchev–Trinajstić information content (AvgIpc) is 3.19. The van der Waals surface area contributed by atoms with Gasteiger partial charge in [-0.3, -0.25) is 0 Å². The third-order valence-electron chi connectivity index (χ3n) is 10.4. The lowest BCUT2D eigenvalue weighted by Crippen LogP contribution is -1.92. The highest BCUT2D eigenvalue weighted by molar-refractivity contribution is 6.16. The van der Waals surface area contributed by atoms with Crippen molar-refractivity contribution in [3.05, 3.63) is 194 Å². The van der Waals surface area contributed by atoms with E-state index in [4.69, 9.17) is 0 Å². The zero-order chi connectivity index (χ0) is 33.0. The molecule has 0 aliphatic rings. The van der Waals surface area contributed by atoms with E-state index in [9.17, 15) is 0 Å². The van der Waals surface area contributed by atoms with Crippen LogP contribution in [0, 0.1) is 0 Å². The maximum atomic E-state index is 2.44. The molecule has 0 aliphatic carbocycles. The molecule has 0 fully saturated rings. The standard InChI is InChI=1S/C50H32/c1-2-12-35(13-3-1)47-31-43(32-49-44-17-9-8-14-36(44)25-27-46(47)49)50-45(42-23-19-34-11-5-7-16-39(34)29-42)26-24-37-20-22-41(30-48(37)50)40-21-18-33-10-4-6-15-38(33)28-40/h1-32H. The first kappa shape index (κ1) is 28.5. The van der Waals surface area contributed by atoms with E-state index in [2.05, 4.69) is 194 Å². The molecule has 0 aliphatic heterocycles. The molecule has 0 amide bonds. The molecule has 0 aromatic heterocycles. The molecule has 0 saturated carbocycles. The maximum absolute atomic E-state index is 2.44. The van der Waals surface area contributed by atoms with E-state index in [1.54, 1.807) is 0 Å². The van der Waals surface area contributed by atoms with Gasteiger partial charge in [0, 0.05) is 0 Å². The van der Waals surface area contributed by atoms with Gasteiger partial charge in [-0.2, -0.15) is 0 Å². The third-order valence-corrected chi connectivity index (χ3v) is 10.4. The predicted octanol–water partition coefficient (Wildman–Crippen LogP) is 14.1. The number of hydrogen-bond donors (Lipinski definition) is 0. The van der Waals surface area contributed by atoms with Crippen LogP contribution in [0.15, 0.2) is 194 Å². The smallest absolute Gasteiger partial charge is 0.00262 e. The van der Waals surface area contributed by atoms with Crippen LogP contribution >= 0.6 is 0 Å². The Morgan fingerprint density at radius 2 is 0.720 bits per heavy atom. The Morgan fingerprint density at radius 3 is 1.48 bits per heavy atom. The highest BCUT2D eigenvalue weighted by Gasteiger charge is 2.17. The molecule has 0 heterocycles. The molecule has 0 unspecified atom stereocenters. The molecular weight excluding hydrogens is 601 g/mol. The molecule has 50 heavy (non-hydrogen) atoms. The van der Waals surface area contributed by atoms with Crippen molar-refractivity contribution in [2.75, 3.05) is 0 Å². The van der Waals surface area contributed by atoms with Crippen molar-refractivity contribution in [1.82, 2.24) is 0 Å². The van der Waals surface area contributed by atoms with Crippen molar-refractivity contribution >= 4 is 53.9 Å². The van der Waals surface area contributed by atoms with E-state index >= 15 is 0 Å². The van der Waals surface area contributed by atoms with Crippen LogP contribution in [0.2, 0.25) is 0 Å². The summed E-state index contributed by atoms with van der Waals surface area (Å²) in [7, 11) is 0. The number of benzene rings is 10. The molecule has 0 radical (unpaired) electrons. The molecule has 0 bridgehead atoms. The Hall–Kier alpha value is -6.50. The van der Waals surface area contributed by atoms with Crippen LogP contribution in [-0.2, 0) is 0 Å². The molecule has 0 atom stereocenters. The fraction of sp³-hybridized carbons (Fsp3) is 0.